The Morgan fingerprint density at radius 2 is 1.85 bits per heavy atom. The van der Waals surface area contributed by atoms with Crippen LogP contribution in [-0.4, -0.2) is 46.6 Å². The summed E-state index contributed by atoms with van der Waals surface area (Å²) in [4.78, 5) is 33.9. The van der Waals surface area contributed by atoms with Crippen LogP contribution < -0.4 is 10.2 Å². The predicted molar refractivity (Wildman–Crippen MR) is 129 cm³/mol. The fourth-order valence-electron chi connectivity index (χ4n) is 4.31. The van der Waals surface area contributed by atoms with Gasteiger partial charge in [-0.3, -0.25) is 4.79 Å². The largest absolute Gasteiger partial charge is 0.381 e. The molecule has 4 rings (SSSR count). The molecular weight excluding hydrogens is 430 g/mol. The molecule has 0 radical (unpaired) electrons. The van der Waals surface area contributed by atoms with Crippen LogP contribution in [0.3, 0.4) is 0 Å². The molecule has 2 aliphatic heterocycles. The molecule has 178 valence electrons. The Balaban J connectivity index is 1.53. The molecule has 1 N–H and O–H groups in total. The molecule has 0 unspecified atom stereocenters. The molecule has 0 aliphatic carbocycles. The maximum atomic E-state index is 13.4. The summed E-state index contributed by atoms with van der Waals surface area (Å²) in [6.07, 6.45) is 3.58. The highest BCUT2D eigenvalue weighted by Gasteiger charge is 2.51. The number of rotatable bonds is 6. The number of urea groups is 1. The van der Waals surface area contributed by atoms with Crippen LogP contribution in [-0.2, 0) is 21.5 Å². The molecule has 2 saturated heterocycles. The summed E-state index contributed by atoms with van der Waals surface area (Å²) in [6, 6.07) is 13.1. The molecule has 3 amide bonds. The van der Waals surface area contributed by atoms with Crippen molar-refractivity contribution in [3.8, 4) is 6.07 Å². The standard InChI is InChI=1S/C26H31N5O3/c1-25(2,17-27)19-5-7-21(8-6-19)31-23(32)26(3,4)30(24(31)33)16-18-9-12-28-22(15-18)29-20-10-13-34-14-11-20/h5-9,12,15,20H,10-11,13-14,16H2,1-4H3,(H,28,29). The van der Waals surface area contributed by atoms with Crippen LogP contribution in [0.2, 0.25) is 0 Å². The minimum Gasteiger partial charge on any atom is -0.381 e. The average molecular weight is 462 g/mol. The quantitative estimate of drug-likeness (QED) is 0.647. The first kappa shape index (κ1) is 23.7. The van der Waals surface area contributed by atoms with Crippen LogP contribution in [0.25, 0.3) is 0 Å². The molecule has 8 nitrogen and oxygen atoms in total. The van der Waals surface area contributed by atoms with E-state index in [2.05, 4.69) is 16.4 Å². The Hall–Kier alpha value is -3.44. The first-order valence-electron chi connectivity index (χ1n) is 11.6. The summed E-state index contributed by atoms with van der Waals surface area (Å²) in [7, 11) is 0. The highest BCUT2D eigenvalue weighted by atomic mass is 16.5. The van der Waals surface area contributed by atoms with Gasteiger partial charge in [-0.05, 0) is 75.9 Å². The topological polar surface area (TPSA) is 98.6 Å². The van der Waals surface area contributed by atoms with E-state index >= 15 is 0 Å². The zero-order valence-electron chi connectivity index (χ0n) is 20.2. The molecule has 0 bridgehead atoms. The summed E-state index contributed by atoms with van der Waals surface area (Å²) in [6.45, 7) is 8.96. The highest BCUT2D eigenvalue weighted by Crippen LogP contribution is 2.34. The smallest absolute Gasteiger partial charge is 0.332 e. The van der Waals surface area contributed by atoms with Crippen LogP contribution in [0.1, 0.15) is 51.7 Å². The van der Waals surface area contributed by atoms with E-state index in [1.807, 2.05) is 26.0 Å². The van der Waals surface area contributed by atoms with Crippen molar-refractivity contribution in [3.63, 3.8) is 0 Å². The third-order valence-electron chi connectivity index (χ3n) is 6.69. The van der Waals surface area contributed by atoms with Crippen LogP contribution in [0.5, 0.6) is 0 Å². The number of pyridine rings is 1. The van der Waals surface area contributed by atoms with Crippen molar-refractivity contribution in [1.29, 1.82) is 5.26 Å². The van der Waals surface area contributed by atoms with E-state index in [-0.39, 0.29) is 11.9 Å². The van der Waals surface area contributed by atoms with Crippen LogP contribution in [0.4, 0.5) is 16.3 Å². The van der Waals surface area contributed by atoms with E-state index in [0.717, 1.165) is 43.0 Å². The second kappa shape index (κ2) is 9.07. The Bertz CT molecular complexity index is 1110. The van der Waals surface area contributed by atoms with E-state index in [9.17, 15) is 14.9 Å². The number of imide groups is 1. The van der Waals surface area contributed by atoms with Crippen molar-refractivity contribution in [2.45, 2.75) is 64.1 Å². The average Bonchev–Trinajstić information content (AvgIpc) is 2.99. The third-order valence-corrected chi connectivity index (χ3v) is 6.69. The molecule has 1 aromatic heterocycles. The lowest BCUT2D eigenvalue weighted by Gasteiger charge is -2.28. The number of nitrogens with zero attached hydrogens (tertiary/aromatic N) is 4. The molecule has 0 atom stereocenters. The van der Waals surface area contributed by atoms with E-state index in [1.165, 1.54) is 4.90 Å². The molecule has 0 saturated carbocycles. The number of hydrogen-bond acceptors (Lipinski definition) is 6. The van der Waals surface area contributed by atoms with Gasteiger partial charge in [0.15, 0.2) is 0 Å². The van der Waals surface area contributed by atoms with Crippen LogP contribution in [0, 0.1) is 11.3 Å². The molecule has 2 aliphatic rings. The summed E-state index contributed by atoms with van der Waals surface area (Å²) in [5, 5.41) is 12.8. The first-order valence-corrected chi connectivity index (χ1v) is 11.6. The minimum atomic E-state index is -1.00. The highest BCUT2D eigenvalue weighted by molar-refractivity contribution is 6.22. The Labute approximate surface area is 200 Å². The number of anilines is 2. The van der Waals surface area contributed by atoms with E-state index in [0.29, 0.717) is 18.3 Å². The first-order chi connectivity index (χ1) is 16.1. The van der Waals surface area contributed by atoms with Gasteiger partial charge in [0, 0.05) is 32.0 Å². The lowest BCUT2D eigenvalue weighted by Crippen LogP contribution is -2.43. The van der Waals surface area contributed by atoms with Crippen LogP contribution >= 0.6 is 0 Å². The number of nitrogens with one attached hydrogen (secondary N) is 1. The number of amides is 3. The number of carbonyl (C=O) groups is 2. The zero-order chi connectivity index (χ0) is 24.5. The van der Waals surface area contributed by atoms with Crippen molar-refractivity contribution in [3.05, 3.63) is 53.7 Å². The zero-order valence-corrected chi connectivity index (χ0v) is 20.2. The molecule has 2 aromatic rings. The number of hydrogen-bond donors (Lipinski definition) is 1. The Morgan fingerprint density at radius 1 is 1.18 bits per heavy atom. The number of benzene rings is 1. The predicted octanol–water partition coefficient (Wildman–Crippen LogP) is 4.22. The van der Waals surface area contributed by atoms with Crippen molar-refractivity contribution in [2.75, 3.05) is 23.4 Å². The second-order valence-electron chi connectivity index (χ2n) is 9.93. The summed E-state index contributed by atoms with van der Waals surface area (Å²) >= 11 is 0. The van der Waals surface area contributed by atoms with Gasteiger partial charge in [0.25, 0.3) is 5.91 Å². The van der Waals surface area contributed by atoms with Gasteiger partial charge in [-0.1, -0.05) is 12.1 Å². The fraction of sp³-hybridized carbons (Fsp3) is 0.462. The van der Waals surface area contributed by atoms with Crippen molar-refractivity contribution < 1.29 is 14.3 Å². The summed E-state index contributed by atoms with van der Waals surface area (Å²) < 4.78 is 5.41. The monoisotopic (exact) mass is 461 g/mol. The molecule has 3 heterocycles. The van der Waals surface area contributed by atoms with Crippen LogP contribution in [0.15, 0.2) is 42.6 Å². The lowest BCUT2D eigenvalue weighted by molar-refractivity contribution is -0.123. The molecule has 34 heavy (non-hydrogen) atoms. The van der Waals surface area contributed by atoms with Gasteiger partial charge in [0.05, 0.1) is 17.2 Å². The van der Waals surface area contributed by atoms with Gasteiger partial charge in [-0.15, -0.1) is 0 Å². The minimum absolute atomic E-state index is 0.278. The SMILES string of the molecule is CC(C)(C#N)c1ccc(N2C(=O)N(Cc3ccnc(NC4CCOCC4)c3)C(C)(C)C2=O)cc1. The van der Waals surface area contributed by atoms with Gasteiger partial charge in [0.2, 0.25) is 0 Å². The maximum absolute atomic E-state index is 13.4. The molecule has 0 spiro atoms. The van der Waals surface area contributed by atoms with Gasteiger partial charge in [-0.25, -0.2) is 14.7 Å². The van der Waals surface area contributed by atoms with Gasteiger partial charge >= 0.3 is 6.03 Å². The van der Waals surface area contributed by atoms with E-state index < -0.39 is 11.0 Å². The third kappa shape index (κ3) is 4.48. The lowest BCUT2D eigenvalue weighted by atomic mass is 9.86. The molecule has 2 fully saturated rings. The van der Waals surface area contributed by atoms with Crippen molar-refractivity contribution >= 4 is 23.4 Å². The van der Waals surface area contributed by atoms with Gasteiger partial charge < -0.3 is 15.0 Å². The van der Waals surface area contributed by atoms with Gasteiger partial charge in [0.1, 0.15) is 11.4 Å². The number of ether oxygens (including phenoxy) is 1. The Morgan fingerprint density at radius 3 is 2.50 bits per heavy atom. The van der Waals surface area contributed by atoms with E-state index in [4.69, 9.17) is 4.74 Å². The maximum Gasteiger partial charge on any atom is 0.332 e. The number of nitriles is 1. The normalized spacial score (nSPS) is 18.8. The fourth-order valence-corrected chi connectivity index (χ4v) is 4.31. The summed E-state index contributed by atoms with van der Waals surface area (Å²) in [5.41, 5.74) is 0.571. The number of carbonyl (C=O) groups excluding carboxylic acids is 2. The molecular formula is C26H31N5O3. The second-order valence-corrected chi connectivity index (χ2v) is 9.93. The molecule has 8 heteroatoms. The van der Waals surface area contributed by atoms with E-state index in [1.54, 1.807) is 49.2 Å². The Kier molecular flexibility index (Phi) is 6.32. The van der Waals surface area contributed by atoms with Crippen molar-refractivity contribution in [2.24, 2.45) is 0 Å². The van der Waals surface area contributed by atoms with Gasteiger partial charge in [-0.2, -0.15) is 5.26 Å². The number of aromatic nitrogens is 1. The molecule has 1 aromatic carbocycles. The van der Waals surface area contributed by atoms with Crippen molar-refractivity contribution in [1.82, 2.24) is 9.88 Å². The summed E-state index contributed by atoms with van der Waals surface area (Å²) in [5.74, 6) is 0.479.